The van der Waals surface area contributed by atoms with E-state index in [4.69, 9.17) is 11.6 Å². The van der Waals surface area contributed by atoms with E-state index in [1.165, 1.54) is 16.4 Å². The monoisotopic (exact) mass is 303 g/mol. The van der Waals surface area contributed by atoms with Crippen LogP contribution in [0.25, 0.3) is 0 Å². The van der Waals surface area contributed by atoms with Crippen molar-refractivity contribution in [2.75, 3.05) is 6.54 Å². The van der Waals surface area contributed by atoms with Crippen LogP contribution in [0.5, 0.6) is 0 Å². The molecule has 0 spiro atoms. The van der Waals surface area contributed by atoms with Crippen molar-refractivity contribution in [3.63, 3.8) is 0 Å². The predicted octanol–water partition coefficient (Wildman–Crippen LogP) is 2.26. The number of hydrogen-bond donors (Lipinski definition) is 1. The number of halogens is 1. The second kappa shape index (κ2) is 5.79. The molecule has 0 unspecified atom stereocenters. The van der Waals surface area contributed by atoms with Gasteiger partial charge in [0, 0.05) is 11.6 Å². The van der Waals surface area contributed by atoms with E-state index in [0.717, 1.165) is 12.8 Å². The minimum absolute atomic E-state index is 0.188. The molecule has 1 N–H and O–H groups in total. The SMILES string of the molecule is C[C@@H](O)[C@H]1CCCCN1S(=O)(=O)c1cccc(Cl)c1. The maximum Gasteiger partial charge on any atom is 0.243 e. The van der Waals surface area contributed by atoms with Gasteiger partial charge < -0.3 is 5.11 Å². The molecule has 0 bridgehead atoms. The van der Waals surface area contributed by atoms with Gasteiger partial charge in [-0.1, -0.05) is 24.1 Å². The molecule has 1 aliphatic heterocycles. The normalized spacial score (nSPS) is 23.2. The van der Waals surface area contributed by atoms with E-state index in [-0.39, 0.29) is 10.9 Å². The lowest BCUT2D eigenvalue weighted by molar-refractivity contribution is 0.0831. The molecule has 1 fully saturated rings. The smallest absolute Gasteiger partial charge is 0.243 e. The zero-order valence-corrected chi connectivity index (χ0v) is 12.4. The van der Waals surface area contributed by atoms with Crippen molar-refractivity contribution in [3.8, 4) is 0 Å². The molecule has 0 aliphatic carbocycles. The van der Waals surface area contributed by atoms with Crippen LogP contribution in [0.15, 0.2) is 29.2 Å². The highest BCUT2D eigenvalue weighted by Crippen LogP contribution is 2.28. The van der Waals surface area contributed by atoms with Gasteiger partial charge in [-0.25, -0.2) is 8.42 Å². The van der Waals surface area contributed by atoms with Gasteiger partial charge in [-0.15, -0.1) is 0 Å². The van der Waals surface area contributed by atoms with Crippen LogP contribution in [0.3, 0.4) is 0 Å². The van der Waals surface area contributed by atoms with Crippen LogP contribution in [0, 0.1) is 0 Å². The molecule has 0 aromatic heterocycles. The maximum atomic E-state index is 12.6. The summed E-state index contributed by atoms with van der Waals surface area (Å²) >= 11 is 5.86. The third kappa shape index (κ3) is 3.11. The molecule has 2 atom stereocenters. The fourth-order valence-corrected chi connectivity index (χ4v) is 4.53. The number of sulfonamides is 1. The van der Waals surface area contributed by atoms with Crippen molar-refractivity contribution in [1.82, 2.24) is 4.31 Å². The van der Waals surface area contributed by atoms with Crippen LogP contribution in [-0.2, 0) is 10.0 Å². The Hall–Kier alpha value is -0.620. The fraction of sp³-hybridized carbons (Fsp3) is 0.538. The van der Waals surface area contributed by atoms with Crippen LogP contribution >= 0.6 is 11.6 Å². The van der Waals surface area contributed by atoms with E-state index in [1.54, 1.807) is 19.1 Å². The molecule has 1 aliphatic rings. The summed E-state index contributed by atoms with van der Waals surface area (Å²) in [5.74, 6) is 0. The Labute approximate surface area is 119 Å². The van der Waals surface area contributed by atoms with Crippen LogP contribution in [0.4, 0.5) is 0 Å². The van der Waals surface area contributed by atoms with E-state index in [9.17, 15) is 13.5 Å². The minimum atomic E-state index is -3.59. The van der Waals surface area contributed by atoms with Gasteiger partial charge in [-0.05, 0) is 38.0 Å². The van der Waals surface area contributed by atoms with Gasteiger partial charge in [0.15, 0.2) is 0 Å². The van der Waals surface area contributed by atoms with E-state index in [1.807, 2.05) is 0 Å². The van der Waals surface area contributed by atoms with Gasteiger partial charge in [0.2, 0.25) is 10.0 Å². The van der Waals surface area contributed by atoms with E-state index < -0.39 is 16.1 Å². The average molecular weight is 304 g/mol. The standard InChI is InChI=1S/C13H18ClNO3S/c1-10(16)13-7-2-3-8-15(13)19(17,18)12-6-4-5-11(14)9-12/h4-6,9-10,13,16H,2-3,7-8H2,1H3/t10-,13-/m1/s1. The van der Waals surface area contributed by atoms with E-state index in [0.29, 0.717) is 18.0 Å². The highest BCUT2D eigenvalue weighted by Gasteiger charge is 2.35. The molecule has 1 aromatic carbocycles. The number of benzene rings is 1. The Kier molecular flexibility index (Phi) is 4.50. The summed E-state index contributed by atoms with van der Waals surface area (Å²) in [6.45, 7) is 2.08. The number of aliphatic hydroxyl groups is 1. The Bertz CT molecular complexity index is 545. The maximum absolute atomic E-state index is 12.6. The van der Waals surface area contributed by atoms with Crippen molar-refractivity contribution in [1.29, 1.82) is 0 Å². The number of nitrogens with zero attached hydrogens (tertiary/aromatic N) is 1. The molecule has 0 amide bonds. The van der Waals surface area contributed by atoms with Gasteiger partial charge in [0.1, 0.15) is 0 Å². The molecule has 4 nitrogen and oxygen atoms in total. The van der Waals surface area contributed by atoms with E-state index >= 15 is 0 Å². The summed E-state index contributed by atoms with van der Waals surface area (Å²) in [6.07, 6.45) is 1.78. The Morgan fingerprint density at radius 2 is 2.16 bits per heavy atom. The molecule has 6 heteroatoms. The molecule has 1 saturated heterocycles. The third-order valence-electron chi connectivity index (χ3n) is 3.46. The second-order valence-corrected chi connectivity index (χ2v) is 7.20. The third-order valence-corrected chi connectivity index (χ3v) is 5.61. The van der Waals surface area contributed by atoms with E-state index in [2.05, 4.69) is 0 Å². The van der Waals surface area contributed by atoms with Crippen LogP contribution in [-0.4, -0.2) is 36.5 Å². The van der Waals surface area contributed by atoms with Crippen molar-refractivity contribution in [2.45, 2.75) is 43.2 Å². The van der Waals surface area contributed by atoms with Crippen LogP contribution in [0.1, 0.15) is 26.2 Å². The van der Waals surface area contributed by atoms with Crippen molar-refractivity contribution < 1.29 is 13.5 Å². The van der Waals surface area contributed by atoms with Crippen molar-refractivity contribution in [2.24, 2.45) is 0 Å². The zero-order valence-electron chi connectivity index (χ0n) is 10.8. The summed E-state index contributed by atoms with van der Waals surface area (Å²) < 4.78 is 26.6. The summed E-state index contributed by atoms with van der Waals surface area (Å²) in [5, 5.41) is 10.2. The molecular weight excluding hydrogens is 286 g/mol. The predicted molar refractivity (Wildman–Crippen MR) is 74.7 cm³/mol. The fourth-order valence-electron chi connectivity index (χ4n) is 2.47. The van der Waals surface area contributed by atoms with Gasteiger partial charge in [0.25, 0.3) is 0 Å². The van der Waals surface area contributed by atoms with Crippen LogP contribution in [0.2, 0.25) is 5.02 Å². The Morgan fingerprint density at radius 1 is 1.42 bits per heavy atom. The first-order valence-electron chi connectivity index (χ1n) is 6.38. The Morgan fingerprint density at radius 3 is 2.79 bits per heavy atom. The molecular formula is C13H18ClNO3S. The highest BCUT2D eigenvalue weighted by atomic mass is 35.5. The number of hydrogen-bond acceptors (Lipinski definition) is 3. The summed E-state index contributed by atoms with van der Waals surface area (Å²) in [7, 11) is -3.59. The molecule has 0 radical (unpaired) electrons. The average Bonchev–Trinajstić information content (AvgIpc) is 2.38. The minimum Gasteiger partial charge on any atom is -0.392 e. The lowest BCUT2D eigenvalue weighted by Crippen LogP contribution is -2.48. The molecule has 0 saturated carbocycles. The van der Waals surface area contributed by atoms with Gasteiger partial charge in [0.05, 0.1) is 17.0 Å². The topological polar surface area (TPSA) is 57.6 Å². The lowest BCUT2D eigenvalue weighted by atomic mass is 10.0. The molecule has 1 heterocycles. The van der Waals surface area contributed by atoms with Crippen molar-refractivity contribution in [3.05, 3.63) is 29.3 Å². The first-order chi connectivity index (χ1) is 8.93. The molecule has 106 valence electrons. The zero-order chi connectivity index (χ0) is 14.0. The second-order valence-electron chi connectivity index (χ2n) is 4.88. The summed E-state index contributed by atoms with van der Waals surface area (Å²) in [5.41, 5.74) is 0. The number of piperidine rings is 1. The largest absolute Gasteiger partial charge is 0.392 e. The summed E-state index contributed by atoms with van der Waals surface area (Å²) in [4.78, 5) is 0.188. The van der Waals surface area contributed by atoms with Gasteiger partial charge in [-0.2, -0.15) is 4.31 Å². The summed E-state index contributed by atoms with van der Waals surface area (Å²) in [6, 6.07) is 5.90. The van der Waals surface area contributed by atoms with Gasteiger partial charge >= 0.3 is 0 Å². The first kappa shape index (κ1) is 14.8. The van der Waals surface area contributed by atoms with Gasteiger partial charge in [-0.3, -0.25) is 0 Å². The highest BCUT2D eigenvalue weighted by molar-refractivity contribution is 7.89. The van der Waals surface area contributed by atoms with Crippen molar-refractivity contribution >= 4 is 21.6 Å². The number of rotatable bonds is 3. The molecule has 2 rings (SSSR count). The van der Waals surface area contributed by atoms with Crippen LogP contribution < -0.4 is 0 Å². The quantitative estimate of drug-likeness (QED) is 0.932. The Balaban J connectivity index is 2.37. The number of aliphatic hydroxyl groups excluding tert-OH is 1. The lowest BCUT2D eigenvalue weighted by Gasteiger charge is -2.36. The molecule has 1 aromatic rings. The first-order valence-corrected chi connectivity index (χ1v) is 8.20. The molecule has 19 heavy (non-hydrogen) atoms.